The van der Waals surface area contributed by atoms with Gasteiger partial charge in [-0.1, -0.05) is 0 Å². The predicted molar refractivity (Wildman–Crippen MR) is 65.5 cm³/mol. The predicted octanol–water partition coefficient (Wildman–Crippen LogP) is 1.90. The van der Waals surface area contributed by atoms with Gasteiger partial charge in [-0.25, -0.2) is 9.78 Å². The van der Waals surface area contributed by atoms with Gasteiger partial charge in [0.15, 0.2) is 6.39 Å². The number of carbonyl (C=O) groups excluding carboxylic acids is 1. The maximum absolute atomic E-state index is 11.5. The molecule has 1 heterocycles. The highest BCUT2D eigenvalue weighted by atomic mass is 16.6. The minimum atomic E-state index is -0.506. The summed E-state index contributed by atoms with van der Waals surface area (Å²) >= 11 is 0. The van der Waals surface area contributed by atoms with E-state index in [1.54, 1.807) is 0 Å². The number of nitro groups is 1. The first-order chi connectivity index (χ1) is 9.15. The van der Waals surface area contributed by atoms with Crippen molar-refractivity contribution in [2.24, 2.45) is 0 Å². The monoisotopic (exact) mass is 262 g/mol. The number of urea groups is 1. The molecule has 2 amide bonds. The first-order valence-corrected chi connectivity index (χ1v) is 5.32. The lowest BCUT2D eigenvalue weighted by Gasteiger charge is -2.05. The van der Waals surface area contributed by atoms with Gasteiger partial charge in [-0.3, -0.25) is 10.1 Å². The Bertz CT molecular complexity index is 565. The average Bonchev–Trinajstić information content (AvgIpc) is 2.90. The number of hydrogen-bond donors (Lipinski definition) is 2. The largest absolute Gasteiger partial charge is 0.447 e. The summed E-state index contributed by atoms with van der Waals surface area (Å²) in [4.78, 5) is 25.2. The van der Waals surface area contributed by atoms with Crippen molar-refractivity contribution >= 4 is 17.4 Å². The van der Waals surface area contributed by atoms with Crippen molar-refractivity contribution in [2.75, 3.05) is 5.32 Å². The Balaban J connectivity index is 1.86. The van der Waals surface area contributed by atoms with Gasteiger partial charge in [0, 0.05) is 17.8 Å². The van der Waals surface area contributed by atoms with E-state index in [2.05, 4.69) is 15.6 Å². The van der Waals surface area contributed by atoms with Crippen LogP contribution in [0.4, 0.5) is 16.2 Å². The molecular formula is C11H10N4O4. The van der Waals surface area contributed by atoms with Gasteiger partial charge in [-0.15, -0.1) is 0 Å². The number of hydrogen-bond acceptors (Lipinski definition) is 5. The Morgan fingerprint density at radius 1 is 1.37 bits per heavy atom. The van der Waals surface area contributed by atoms with E-state index in [9.17, 15) is 14.9 Å². The molecule has 0 spiro atoms. The number of nitro benzene ring substituents is 1. The van der Waals surface area contributed by atoms with Gasteiger partial charge in [0.25, 0.3) is 5.69 Å². The second kappa shape index (κ2) is 5.63. The van der Waals surface area contributed by atoms with Gasteiger partial charge in [-0.05, 0) is 12.1 Å². The van der Waals surface area contributed by atoms with Crippen LogP contribution < -0.4 is 10.6 Å². The third kappa shape index (κ3) is 3.53. The van der Waals surface area contributed by atoms with Gasteiger partial charge >= 0.3 is 6.03 Å². The topological polar surface area (TPSA) is 110 Å². The Morgan fingerprint density at radius 2 is 2.11 bits per heavy atom. The number of nitrogens with zero attached hydrogens (tertiary/aromatic N) is 2. The Labute approximate surface area is 107 Å². The lowest BCUT2D eigenvalue weighted by molar-refractivity contribution is -0.384. The third-order valence-electron chi connectivity index (χ3n) is 2.24. The molecule has 0 atom stereocenters. The zero-order valence-corrected chi connectivity index (χ0v) is 9.70. The van der Waals surface area contributed by atoms with Crippen molar-refractivity contribution in [3.05, 3.63) is 52.7 Å². The maximum atomic E-state index is 11.5. The summed E-state index contributed by atoms with van der Waals surface area (Å²) in [5.41, 5.74) is 0.424. The number of carbonyl (C=O) groups is 1. The van der Waals surface area contributed by atoms with Crippen LogP contribution in [0.2, 0.25) is 0 Å². The summed E-state index contributed by atoms with van der Waals surface area (Å²) in [6.07, 6.45) is 2.76. The molecule has 2 aromatic rings. The fraction of sp³-hybridized carbons (Fsp3) is 0.0909. The van der Waals surface area contributed by atoms with Crippen LogP contribution in [0.5, 0.6) is 0 Å². The molecule has 0 aliphatic heterocycles. The number of oxazole rings is 1. The summed E-state index contributed by atoms with van der Waals surface area (Å²) in [5.74, 6) is 0.527. The molecule has 98 valence electrons. The third-order valence-corrected chi connectivity index (χ3v) is 2.24. The summed E-state index contributed by atoms with van der Waals surface area (Å²) in [5, 5.41) is 15.5. The number of rotatable bonds is 4. The van der Waals surface area contributed by atoms with Crippen LogP contribution in [0.25, 0.3) is 0 Å². The van der Waals surface area contributed by atoms with E-state index in [1.807, 2.05) is 0 Å². The molecule has 0 radical (unpaired) electrons. The van der Waals surface area contributed by atoms with Crippen LogP contribution in [-0.2, 0) is 6.54 Å². The van der Waals surface area contributed by atoms with Crippen molar-refractivity contribution in [3.8, 4) is 0 Å². The van der Waals surface area contributed by atoms with E-state index in [1.165, 1.54) is 36.9 Å². The SMILES string of the molecule is O=C(NCc1cnco1)Nc1ccc([N+](=O)[O-])cc1. The lowest BCUT2D eigenvalue weighted by Crippen LogP contribution is -2.27. The fourth-order valence-electron chi connectivity index (χ4n) is 1.34. The lowest BCUT2D eigenvalue weighted by atomic mass is 10.3. The van der Waals surface area contributed by atoms with E-state index < -0.39 is 11.0 Å². The van der Waals surface area contributed by atoms with Gasteiger partial charge in [-0.2, -0.15) is 0 Å². The van der Waals surface area contributed by atoms with Crippen molar-refractivity contribution in [3.63, 3.8) is 0 Å². The van der Waals surface area contributed by atoms with Crippen LogP contribution in [0.15, 0.2) is 41.3 Å². The molecule has 0 saturated carbocycles. The van der Waals surface area contributed by atoms with E-state index in [0.29, 0.717) is 11.4 Å². The van der Waals surface area contributed by atoms with E-state index in [4.69, 9.17) is 4.42 Å². The average molecular weight is 262 g/mol. The second-order valence-electron chi connectivity index (χ2n) is 3.58. The van der Waals surface area contributed by atoms with Crippen LogP contribution in [0, 0.1) is 10.1 Å². The zero-order chi connectivity index (χ0) is 13.7. The maximum Gasteiger partial charge on any atom is 0.319 e. The Morgan fingerprint density at radius 3 is 2.68 bits per heavy atom. The van der Waals surface area contributed by atoms with E-state index in [0.717, 1.165) is 0 Å². The first-order valence-electron chi connectivity index (χ1n) is 5.32. The normalized spacial score (nSPS) is 9.89. The number of amides is 2. The fourth-order valence-corrected chi connectivity index (χ4v) is 1.34. The minimum Gasteiger partial charge on any atom is -0.447 e. The Hall–Kier alpha value is -2.90. The second-order valence-corrected chi connectivity index (χ2v) is 3.58. The summed E-state index contributed by atoms with van der Waals surface area (Å²) in [6.45, 7) is 0.207. The van der Waals surface area contributed by atoms with Crippen LogP contribution in [-0.4, -0.2) is 15.9 Å². The number of aromatic nitrogens is 1. The van der Waals surface area contributed by atoms with Gasteiger partial charge < -0.3 is 15.1 Å². The van der Waals surface area contributed by atoms with Gasteiger partial charge in [0.2, 0.25) is 0 Å². The van der Waals surface area contributed by atoms with Crippen LogP contribution in [0.1, 0.15) is 5.76 Å². The number of anilines is 1. The van der Waals surface area contributed by atoms with E-state index >= 15 is 0 Å². The minimum absolute atomic E-state index is 0.0346. The van der Waals surface area contributed by atoms with Crippen molar-refractivity contribution < 1.29 is 14.1 Å². The molecule has 0 aliphatic rings. The highest BCUT2D eigenvalue weighted by molar-refractivity contribution is 5.89. The highest BCUT2D eigenvalue weighted by Gasteiger charge is 2.06. The number of non-ortho nitro benzene ring substituents is 1. The quantitative estimate of drug-likeness (QED) is 0.645. The molecule has 0 bridgehead atoms. The molecule has 0 aliphatic carbocycles. The number of nitrogens with one attached hydrogen (secondary N) is 2. The van der Waals surface area contributed by atoms with Gasteiger partial charge in [0.1, 0.15) is 5.76 Å². The number of benzene rings is 1. The van der Waals surface area contributed by atoms with Gasteiger partial charge in [0.05, 0.1) is 17.7 Å². The Kier molecular flexibility index (Phi) is 3.72. The summed E-state index contributed by atoms with van der Waals surface area (Å²) in [7, 11) is 0. The molecule has 1 aromatic heterocycles. The molecule has 1 aromatic carbocycles. The van der Waals surface area contributed by atoms with Crippen LogP contribution >= 0.6 is 0 Å². The van der Waals surface area contributed by atoms with Crippen molar-refractivity contribution in [1.29, 1.82) is 0 Å². The van der Waals surface area contributed by atoms with Crippen molar-refractivity contribution in [1.82, 2.24) is 10.3 Å². The smallest absolute Gasteiger partial charge is 0.319 e. The molecule has 8 heteroatoms. The molecule has 0 fully saturated rings. The zero-order valence-electron chi connectivity index (χ0n) is 9.70. The first kappa shape index (κ1) is 12.6. The highest BCUT2D eigenvalue weighted by Crippen LogP contribution is 2.15. The standard InChI is InChI=1S/C11H10N4O4/c16-11(13-6-10-5-12-7-19-10)14-8-1-3-9(4-2-8)15(17)18/h1-5,7H,6H2,(H2,13,14,16). The molecule has 0 unspecified atom stereocenters. The molecule has 8 nitrogen and oxygen atoms in total. The van der Waals surface area contributed by atoms with Crippen molar-refractivity contribution in [2.45, 2.75) is 6.54 Å². The molecule has 0 saturated heterocycles. The molecule has 2 N–H and O–H groups in total. The summed E-state index contributed by atoms with van der Waals surface area (Å²) < 4.78 is 4.95. The molecular weight excluding hydrogens is 252 g/mol. The summed E-state index contributed by atoms with van der Waals surface area (Å²) in [6, 6.07) is 5.08. The van der Waals surface area contributed by atoms with E-state index in [-0.39, 0.29) is 12.2 Å². The van der Waals surface area contributed by atoms with Crippen LogP contribution in [0.3, 0.4) is 0 Å². The molecule has 2 rings (SSSR count). The molecule has 19 heavy (non-hydrogen) atoms.